The lowest BCUT2D eigenvalue weighted by Crippen LogP contribution is -2.11. The summed E-state index contributed by atoms with van der Waals surface area (Å²) >= 11 is 6.10. The van der Waals surface area contributed by atoms with Gasteiger partial charge < -0.3 is 5.32 Å². The van der Waals surface area contributed by atoms with Crippen LogP contribution in [0.5, 0.6) is 0 Å². The number of aryl methyl sites for hydroxylation is 2. The number of aromatic nitrogens is 2. The second-order valence-corrected chi connectivity index (χ2v) is 5.20. The largest absolute Gasteiger partial charge is 0.322 e. The summed E-state index contributed by atoms with van der Waals surface area (Å²) in [7, 11) is 1.73. The maximum absolute atomic E-state index is 12.0. The number of carbonyl (C=O) groups excluding carboxylic acids is 2. The molecule has 0 aliphatic carbocycles. The van der Waals surface area contributed by atoms with E-state index in [2.05, 4.69) is 10.4 Å². The van der Waals surface area contributed by atoms with Crippen LogP contribution in [0.2, 0.25) is 5.15 Å². The molecule has 0 saturated carbocycles. The van der Waals surface area contributed by atoms with E-state index in [-0.39, 0.29) is 11.7 Å². The van der Waals surface area contributed by atoms with Crippen LogP contribution in [0.1, 0.15) is 28.5 Å². The quantitative estimate of drug-likeness (QED) is 0.695. The van der Waals surface area contributed by atoms with Gasteiger partial charge in [0.1, 0.15) is 5.15 Å². The van der Waals surface area contributed by atoms with Crippen LogP contribution in [-0.4, -0.2) is 21.5 Å². The van der Waals surface area contributed by atoms with Gasteiger partial charge in [0.15, 0.2) is 5.78 Å². The smallest absolute Gasteiger partial charge is 0.248 e. The van der Waals surface area contributed by atoms with Gasteiger partial charge in [0.25, 0.3) is 0 Å². The number of Topliss-reactive ketones (excluding diaryl/α,β-unsaturated/α-hetero) is 1. The van der Waals surface area contributed by atoms with E-state index in [1.165, 1.54) is 13.0 Å². The molecule has 0 atom stereocenters. The molecule has 0 fully saturated rings. The van der Waals surface area contributed by atoms with Crippen molar-refractivity contribution in [3.63, 3.8) is 0 Å². The first-order valence-corrected chi connectivity index (χ1v) is 7.06. The first-order chi connectivity index (χ1) is 10.4. The number of carbonyl (C=O) groups is 2. The van der Waals surface area contributed by atoms with Crippen LogP contribution in [0, 0.1) is 6.92 Å². The van der Waals surface area contributed by atoms with E-state index < -0.39 is 0 Å². The number of hydrogen-bond acceptors (Lipinski definition) is 3. The molecule has 1 amide bonds. The Morgan fingerprint density at radius 1 is 1.32 bits per heavy atom. The lowest BCUT2D eigenvalue weighted by Gasteiger charge is -2.06. The molecule has 0 bridgehead atoms. The average molecular weight is 318 g/mol. The van der Waals surface area contributed by atoms with Gasteiger partial charge in [-0.1, -0.05) is 23.7 Å². The minimum absolute atomic E-state index is 0.106. The Kier molecular flexibility index (Phi) is 4.78. The lowest BCUT2D eigenvalue weighted by molar-refractivity contribution is -0.111. The highest BCUT2D eigenvalue weighted by Crippen LogP contribution is 2.20. The number of nitrogens with zero attached hydrogens (tertiary/aromatic N) is 2. The van der Waals surface area contributed by atoms with E-state index >= 15 is 0 Å². The molecule has 0 radical (unpaired) electrons. The topological polar surface area (TPSA) is 64.0 Å². The predicted octanol–water partition coefficient (Wildman–Crippen LogP) is 3.24. The molecule has 1 heterocycles. The average Bonchev–Trinajstić information content (AvgIpc) is 2.70. The first-order valence-electron chi connectivity index (χ1n) is 6.68. The highest BCUT2D eigenvalue weighted by Gasteiger charge is 2.10. The minimum Gasteiger partial charge on any atom is -0.322 e. The van der Waals surface area contributed by atoms with E-state index in [0.29, 0.717) is 22.0 Å². The van der Waals surface area contributed by atoms with Crippen molar-refractivity contribution >= 4 is 35.1 Å². The third-order valence-corrected chi connectivity index (χ3v) is 3.61. The Bertz CT molecular complexity index is 763. The van der Waals surface area contributed by atoms with Crippen LogP contribution in [0.25, 0.3) is 6.08 Å². The number of halogens is 1. The summed E-state index contributed by atoms with van der Waals surface area (Å²) in [5.74, 6) is -0.445. The zero-order chi connectivity index (χ0) is 16.3. The minimum atomic E-state index is -0.340. The lowest BCUT2D eigenvalue weighted by atomic mass is 10.1. The fraction of sp³-hybridized carbons (Fsp3) is 0.188. The van der Waals surface area contributed by atoms with Crippen LogP contribution in [0.3, 0.4) is 0 Å². The van der Waals surface area contributed by atoms with Gasteiger partial charge >= 0.3 is 0 Å². The molecule has 22 heavy (non-hydrogen) atoms. The number of benzene rings is 1. The van der Waals surface area contributed by atoms with Crippen molar-refractivity contribution in [2.24, 2.45) is 7.05 Å². The molecule has 5 nitrogen and oxygen atoms in total. The van der Waals surface area contributed by atoms with Gasteiger partial charge in [0.05, 0.1) is 11.4 Å². The summed E-state index contributed by atoms with van der Waals surface area (Å²) in [5, 5.41) is 7.32. The predicted molar refractivity (Wildman–Crippen MR) is 87.1 cm³/mol. The van der Waals surface area contributed by atoms with Crippen molar-refractivity contribution in [2.45, 2.75) is 13.8 Å². The SMILES string of the molecule is CC(=O)c1ccccc1NC(=O)/C=C/c1c(C)nn(C)c1Cl. The molecular formula is C16H16ClN3O2. The van der Waals surface area contributed by atoms with Gasteiger partial charge in [-0.05, 0) is 32.1 Å². The third kappa shape index (κ3) is 3.43. The van der Waals surface area contributed by atoms with Crippen molar-refractivity contribution in [1.29, 1.82) is 0 Å². The molecule has 1 aromatic carbocycles. The molecule has 6 heteroatoms. The highest BCUT2D eigenvalue weighted by atomic mass is 35.5. The van der Waals surface area contributed by atoms with Crippen molar-refractivity contribution < 1.29 is 9.59 Å². The number of amides is 1. The second kappa shape index (κ2) is 6.58. The zero-order valence-electron chi connectivity index (χ0n) is 12.6. The van der Waals surface area contributed by atoms with Gasteiger partial charge in [0.2, 0.25) is 5.91 Å². The molecule has 2 aromatic rings. The molecule has 0 saturated heterocycles. The number of anilines is 1. The van der Waals surface area contributed by atoms with Gasteiger partial charge in [0, 0.05) is 24.3 Å². The van der Waals surface area contributed by atoms with Crippen molar-refractivity contribution in [1.82, 2.24) is 9.78 Å². The van der Waals surface area contributed by atoms with Crippen LogP contribution < -0.4 is 5.32 Å². The van der Waals surface area contributed by atoms with Crippen LogP contribution in [-0.2, 0) is 11.8 Å². The van der Waals surface area contributed by atoms with Crippen molar-refractivity contribution in [2.75, 3.05) is 5.32 Å². The summed E-state index contributed by atoms with van der Waals surface area (Å²) in [6.45, 7) is 3.27. The first kappa shape index (κ1) is 16.0. The fourth-order valence-electron chi connectivity index (χ4n) is 2.07. The fourth-order valence-corrected chi connectivity index (χ4v) is 2.31. The van der Waals surface area contributed by atoms with E-state index in [1.54, 1.807) is 42.1 Å². The number of rotatable bonds is 4. The molecular weight excluding hydrogens is 302 g/mol. The number of para-hydroxylation sites is 1. The Morgan fingerprint density at radius 3 is 2.59 bits per heavy atom. The van der Waals surface area contributed by atoms with Gasteiger partial charge in [-0.3, -0.25) is 14.3 Å². The molecule has 2 rings (SSSR count). The number of hydrogen-bond donors (Lipinski definition) is 1. The highest BCUT2D eigenvalue weighted by molar-refractivity contribution is 6.31. The zero-order valence-corrected chi connectivity index (χ0v) is 13.3. The summed E-state index contributed by atoms with van der Waals surface area (Å²) in [5.41, 5.74) is 2.39. The maximum Gasteiger partial charge on any atom is 0.248 e. The summed E-state index contributed by atoms with van der Waals surface area (Å²) in [4.78, 5) is 23.5. The monoisotopic (exact) mass is 317 g/mol. The maximum atomic E-state index is 12.0. The van der Waals surface area contributed by atoms with Crippen LogP contribution in [0.15, 0.2) is 30.3 Å². The molecule has 0 spiro atoms. The third-order valence-electron chi connectivity index (χ3n) is 3.16. The second-order valence-electron chi connectivity index (χ2n) is 4.84. The van der Waals surface area contributed by atoms with E-state index in [9.17, 15) is 9.59 Å². The van der Waals surface area contributed by atoms with Crippen LogP contribution >= 0.6 is 11.6 Å². The number of nitrogens with one attached hydrogen (secondary N) is 1. The van der Waals surface area contributed by atoms with E-state index in [1.807, 2.05) is 6.92 Å². The molecule has 0 aliphatic heterocycles. The molecule has 114 valence electrons. The normalized spacial score (nSPS) is 10.9. The number of ketones is 1. The van der Waals surface area contributed by atoms with Crippen molar-refractivity contribution in [3.8, 4) is 0 Å². The molecule has 1 N–H and O–H groups in total. The standard InChI is InChI=1S/C16H16ClN3O2/c1-10-12(16(17)20(3)19-10)8-9-15(22)18-14-7-5-4-6-13(14)11(2)21/h4-9H,1-3H3,(H,18,22)/b9-8+. The van der Waals surface area contributed by atoms with Gasteiger partial charge in [-0.15, -0.1) is 0 Å². The summed E-state index contributed by atoms with van der Waals surface area (Å²) in [6, 6.07) is 6.86. The Morgan fingerprint density at radius 2 is 2.00 bits per heavy atom. The van der Waals surface area contributed by atoms with Gasteiger partial charge in [-0.2, -0.15) is 5.10 Å². The Labute approximate surface area is 133 Å². The van der Waals surface area contributed by atoms with E-state index in [0.717, 1.165) is 5.69 Å². The molecule has 0 aliphatic rings. The Balaban J connectivity index is 2.17. The molecule has 1 aromatic heterocycles. The van der Waals surface area contributed by atoms with Crippen LogP contribution in [0.4, 0.5) is 5.69 Å². The van der Waals surface area contributed by atoms with Crippen molar-refractivity contribution in [3.05, 3.63) is 52.3 Å². The summed E-state index contributed by atoms with van der Waals surface area (Å²) < 4.78 is 1.54. The Hall–Kier alpha value is -2.40. The van der Waals surface area contributed by atoms with E-state index in [4.69, 9.17) is 11.6 Å². The van der Waals surface area contributed by atoms with Gasteiger partial charge in [-0.25, -0.2) is 0 Å². The molecule has 0 unspecified atom stereocenters. The summed E-state index contributed by atoms with van der Waals surface area (Å²) in [6.07, 6.45) is 2.98.